The van der Waals surface area contributed by atoms with Gasteiger partial charge >= 0.3 is 0 Å². The van der Waals surface area contributed by atoms with Crippen LogP contribution in [-0.4, -0.2) is 81.8 Å². The van der Waals surface area contributed by atoms with Gasteiger partial charge in [-0.15, -0.1) is 0 Å². The number of likely N-dealkylation sites (tertiary alicyclic amines) is 1. The summed E-state index contributed by atoms with van der Waals surface area (Å²) in [6, 6.07) is 0.441. The molecule has 0 radical (unpaired) electrons. The van der Waals surface area contributed by atoms with Crippen LogP contribution in [-0.2, 0) is 9.59 Å². The standard InChI is InChI=1S/C26H43F2N4O2P.C4H6O/c27-26(28,35)24-22(33)13-17(14-29-24)25(34)31-12-11-21-23-19(3-1-2-4-20(23)31)30-32(21)18-9-7-16(8-10-18)15-5-6-15;1-3-4(2)5/h15-24,29-30,33H,1-14,35H2;3H,1H2,2H3. The molecule has 6 fully saturated rings. The van der Waals surface area contributed by atoms with Gasteiger partial charge in [0.05, 0.1) is 12.0 Å². The molecule has 0 spiro atoms. The Morgan fingerprint density at radius 2 is 1.62 bits per heavy atom. The van der Waals surface area contributed by atoms with Crippen molar-refractivity contribution in [2.75, 3.05) is 13.1 Å². The van der Waals surface area contributed by atoms with E-state index < -0.39 is 23.7 Å². The number of piperidine rings is 2. The molecule has 3 N–H and O–H groups in total. The number of hydrazine groups is 1. The van der Waals surface area contributed by atoms with Crippen LogP contribution >= 0.6 is 9.24 Å². The summed E-state index contributed by atoms with van der Waals surface area (Å²) in [4.78, 5) is 25.5. The molecule has 6 rings (SSSR count). The zero-order chi connectivity index (χ0) is 28.6. The molecule has 0 aromatic carbocycles. The van der Waals surface area contributed by atoms with Crippen LogP contribution < -0.4 is 10.7 Å². The summed E-state index contributed by atoms with van der Waals surface area (Å²) in [5.74, 6) is 2.05. The van der Waals surface area contributed by atoms with Gasteiger partial charge in [0, 0.05) is 43.2 Å². The van der Waals surface area contributed by atoms with E-state index >= 15 is 0 Å². The minimum Gasteiger partial charge on any atom is -0.391 e. The number of allylic oxidation sites excluding steroid dienone is 1. The smallest absolute Gasteiger partial charge is 0.276 e. The van der Waals surface area contributed by atoms with Gasteiger partial charge in [0.2, 0.25) is 5.91 Å². The number of nitrogens with zero attached hydrogens (tertiary/aromatic N) is 2. The van der Waals surface area contributed by atoms with E-state index in [2.05, 4.69) is 27.2 Å². The molecule has 10 heteroatoms. The minimum absolute atomic E-state index is 0.0185. The van der Waals surface area contributed by atoms with E-state index in [-0.39, 0.29) is 30.7 Å². The molecule has 3 heterocycles. The van der Waals surface area contributed by atoms with Crippen molar-refractivity contribution in [2.45, 2.75) is 126 Å². The molecule has 0 aromatic heterocycles. The van der Waals surface area contributed by atoms with Crippen LogP contribution in [0.15, 0.2) is 12.7 Å². The summed E-state index contributed by atoms with van der Waals surface area (Å²) in [5.41, 5.74) is 0.873. The van der Waals surface area contributed by atoms with E-state index in [9.17, 15) is 23.5 Å². The number of hydrogen-bond donors (Lipinski definition) is 3. The van der Waals surface area contributed by atoms with Crippen molar-refractivity contribution in [3.05, 3.63) is 12.7 Å². The molecule has 6 aliphatic rings. The zero-order valence-electron chi connectivity index (χ0n) is 23.9. The lowest BCUT2D eigenvalue weighted by atomic mass is 9.78. The number of halogens is 2. The lowest BCUT2D eigenvalue weighted by Gasteiger charge is -2.48. The Balaban J connectivity index is 0.000000595. The Morgan fingerprint density at radius 1 is 1.00 bits per heavy atom. The number of aliphatic hydroxyl groups excluding tert-OH is 1. The van der Waals surface area contributed by atoms with Gasteiger partial charge in [-0.2, -0.15) is 0 Å². The number of hydrogen-bond acceptors (Lipinski definition) is 6. The predicted octanol–water partition coefficient (Wildman–Crippen LogP) is 3.87. The van der Waals surface area contributed by atoms with Crippen molar-refractivity contribution in [2.24, 2.45) is 23.7 Å². The second-order valence-corrected chi connectivity index (χ2v) is 14.0. The van der Waals surface area contributed by atoms with Gasteiger partial charge in [-0.3, -0.25) is 15.0 Å². The van der Waals surface area contributed by atoms with Crippen molar-refractivity contribution in [3.63, 3.8) is 0 Å². The van der Waals surface area contributed by atoms with Gasteiger partial charge in [0.25, 0.3) is 5.66 Å². The number of carbonyl (C=O) groups is 2. The van der Waals surface area contributed by atoms with E-state index in [4.69, 9.17) is 0 Å². The summed E-state index contributed by atoms with van der Waals surface area (Å²) in [7, 11) is 1.52. The average Bonchev–Trinajstić information content (AvgIpc) is 3.74. The van der Waals surface area contributed by atoms with Crippen LogP contribution in [0.2, 0.25) is 0 Å². The highest BCUT2D eigenvalue weighted by Gasteiger charge is 2.54. The molecule has 8 atom stereocenters. The van der Waals surface area contributed by atoms with Crippen LogP contribution in [0.5, 0.6) is 0 Å². The van der Waals surface area contributed by atoms with E-state index in [1.807, 2.05) is 0 Å². The molecule has 1 amide bonds. The number of rotatable bonds is 5. The van der Waals surface area contributed by atoms with Crippen molar-refractivity contribution in [1.82, 2.24) is 20.7 Å². The van der Waals surface area contributed by atoms with Crippen LogP contribution in [0.3, 0.4) is 0 Å². The van der Waals surface area contributed by atoms with Crippen LogP contribution in [0, 0.1) is 23.7 Å². The lowest BCUT2D eigenvalue weighted by Crippen LogP contribution is -2.61. The van der Waals surface area contributed by atoms with Gasteiger partial charge in [0.1, 0.15) is 6.04 Å². The van der Waals surface area contributed by atoms with Crippen LogP contribution in [0.1, 0.15) is 84.0 Å². The molecule has 3 aliphatic heterocycles. The molecular formula is C30H49F2N4O3P. The fraction of sp³-hybridized carbons (Fsp3) is 0.867. The molecule has 8 unspecified atom stereocenters. The van der Waals surface area contributed by atoms with Crippen molar-refractivity contribution < 1.29 is 23.5 Å². The molecule has 0 aromatic rings. The molecule has 3 saturated heterocycles. The third-order valence-corrected chi connectivity index (χ3v) is 11.0. The lowest BCUT2D eigenvalue weighted by molar-refractivity contribution is -0.146. The van der Waals surface area contributed by atoms with E-state index in [1.54, 1.807) is 0 Å². The van der Waals surface area contributed by atoms with E-state index in [0.717, 1.165) is 37.6 Å². The summed E-state index contributed by atoms with van der Waals surface area (Å²) in [5, 5.41) is 15.8. The summed E-state index contributed by atoms with van der Waals surface area (Å²) in [6.07, 6.45) is 13.9. The number of ketones is 1. The Labute approximate surface area is 240 Å². The molecule has 7 nitrogen and oxygen atoms in total. The first kappa shape index (κ1) is 30.5. The fourth-order valence-corrected chi connectivity index (χ4v) is 8.79. The summed E-state index contributed by atoms with van der Waals surface area (Å²) < 4.78 is 27.6. The zero-order valence-corrected chi connectivity index (χ0v) is 25.1. The average molecular weight is 583 g/mol. The normalized spacial score (nSPS) is 40.3. The maximum atomic E-state index is 13.8. The largest absolute Gasteiger partial charge is 0.391 e. The Kier molecular flexibility index (Phi) is 9.68. The quantitative estimate of drug-likeness (QED) is 0.337. The molecule has 0 bridgehead atoms. The van der Waals surface area contributed by atoms with Crippen molar-refractivity contribution in [1.29, 1.82) is 0 Å². The van der Waals surface area contributed by atoms with Crippen molar-refractivity contribution >= 4 is 20.9 Å². The maximum absolute atomic E-state index is 13.8. The Morgan fingerprint density at radius 3 is 2.20 bits per heavy atom. The van der Waals surface area contributed by atoms with Gasteiger partial charge in [0.15, 0.2) is 5.78 Å². The monoisotopic (exact) mass is 582 g/mol. The van der Waals surface area contributed by atoms with Crippen LogP contribution in [0.25, 0.3) is 0 Å². The summed E-state index contributed by atoms with van der Waals surface area (Å²) in [6.45, 7) is 5.62. The SMILES string of the molecule is C=CC(C)=O.O=C(C1CNC(C(F)(F)P)C(O)C1)N1CCC2C3C(CCCCC31)NN2C1CCC(C2CC2)CC1. The third-order valence-electron chi connectivity index (χ3n) is 10.6. The van der Waals surface area contributed by atoms with E-state index in [0.29, 0.717) is 24.0 Å². The molecular weight excluding hydrogens is 533 g/mol. The fourth-order valence-electron chi connectivity index (χ4n) is 8.45. The summed E-state index contributed by atoms with van der Waals surface area (Å²) >= 11 is 0. The third kappa shape index (κ3) is 6.64. The highest BCUT2D eigenvalue weighted by molar-refractivity contribution is 7.18. The molecule has 3 aliphatic carbocycles. The topological polar surface area (TPSA) is 84.9 Å². The van der Waals surface area contributed by atoms with Gasteiger partial charge in [-0.1, -0.05) is 28.7 Å². The molecule has 226 valence electrons. The first-order chi connectivity index (χ1) is 19.1. The van der Waals surface area contributed by atoms with Crippen LogP contribution in [0.4, 0.5) is 8.78 Å². The highest BCUT2D eigenvalue weighted by atomic mass is 31.0. The maximum Gasteiger partial charge on any atom is 0.276 e. The van der Waals surface area contributed by atoms with E-state index in [1.165, 1.54) is 73.6 Å². The number of amides is 1. The molecule has 3 saturated carbocycles. The Hall–Kier alpha value is -0.990. The van der Waals surface area contributed by atoms with Crippen molar-refractivity contribution in [3.8, 4) is 0 Å². The predicted molar refractivity (Wildman–Crippen MR) is 155 cm³/mol. The highest BCUT2D eigenvalue weighted by Crippen LogP contribution is 2.47. The van der Waals surface area contributed by atoms with Gasteiger partial charge in [-0.05, 0) is 89.0 Å². The minimum atomic E-state index is -3.09. The second-order valence-electron chi connectivity index (χ2n) is 13.2. The Bertz CT molecular complexity index is 923. The first-order valence-electron chi connectivity index (χ1n) is 15.6. The molecule has 40 heavy (non-hydrogen) atoms. The van der Waals surface area contributed by atoms with Gasteiger partial charge < -0.3 is 15.3 Å². The number of aliphatic hydroxyl groups is 1. The second kappa shape index (κ2) is 12.7. The number of alkyl halides is 2. The number of carbonyl (C=O) groups excluding carboxylic acids is 2. The first-order valence-corrected chi connectivity index (χ1v) is 16.2. The van der Waals surface area contributed by atoms with Gasteiger partial charge in [-0.25, -0.2) is 13.8 Å². The number of nitrogens with one attached hydrogen (secondary N) is 2.